The minimum atomic E-state index is -0.188. The quantitative estimate of drug-likeness (QED) is 0.607. The molecule has 5 nitrogen and oxygen atoms in total. The minimum Gasteiger partial charge on any atom is -0.395 e. The minimum absolute atomic E-state index is 0.00481. The molecule has 0 bridgehead atoms. The molecule has 0 aromatic carbocycles. The fourth-order valence-electron chi connectivity index (χ4n) is 0.638. The fraction of sp³-hybridized carbons (Fsp3) is 0.667. The zero-order valence-corrected chi connectivity index (χ0v) is 7.66. The number of aryl methyl sites for hydroxylation is 1. The number of nitrogens with two attached hydrogens (primary N) is 1. The van der Waals surface area contributed by atoms with Crippen molar-refractivity contribution in [3.8, 4) is 0 Å². The van der Waals surface area contributed by atoms with Gasteiger partial charge in [-0.05, 0) is 0 Å². The highest BCUT2D eigenvalue weighted by Gasteiger charge is 2.05. The van der Waals surface area contributed by atoms with E-state index in [9.17, 15) is 0 Å². The smallest absolute Gasteiger partial charge is 0.190 e. The van der Waals surface area contributed by atoms with E-state index in [0.717, 1.165) is 5.16 Å². The van der Waals surface area contributed by atoms with E-state index in [1.165, 1.54) is 11.8 Å². The Labute approximate surface area is 75.0 Å². The monoisotopic (exact) mass is 188 g/mol. The van der Waals surface area contributed by atoms with Crippen molar-refractivity contribution in [1.29, 1.82) is 0 Å². The summed E-state index contributed by atoms with van der Waals surface area (Å²) in [6.07, 6.45) is 1.63. The Balaban J connectivity index is 2.38. The van der Waals surface area contributed by atoms with Crippen LogP contribution in [0, 0.1) is 0 Å². The van der Waals surface area contributed by atoms with Crippen molar-refractivity contribution in [1.82, 2.24) is 14.8 Å². The topological polar surface area (TPSA) is 77.0 Å². The molecule has 1 rings (SSSR count). The van der Waals surface area contributed by atoms with Crippen molar-refractivity contribution in [2.24, 2.45) is 12.8 Å². The second kappa shape index (κ2) is 4.44. The van der Waals surface area contributed by atoms with Gasteiger partial charge in [-0.3, -0.25) is 0 Å². The van der Waals surface area contributed by atoms with Crippen molar-refractivity contribution in [3.63, 3.8) is 0 Å². The zero-order valence-electron chi connectivity index (χ0n) is 6.84. The van der Waals surface area contributed by atoms with Gasteiger partial charge >= 0.3 is 0 Å². The first-order valence-electron chi connectivity index (χ1n) is 3.57. The molecular formula is C6H12N4OS. The van der Waals surface area contributed by atoms with E-state index in [0.29, 0.717) is 5.75 Å². The number of hydrogen-bond donors (Lipinski definition) is 2. The lowest BCUT2D eigenvalue weighted by Gasteiger charge is -2.05. The number of aromatic nitrogens is 3. The fourth-order valence-corrected chi connectivity index (χ4v) is 1.46. The van der Waals surface area contributed by atoms with Crippen molar-refractivity contribution in [2.45, 2.75) is 11.2 Å². The average molecular weight is 188 g/mol. The van der Waals surface area contributed by atoms with Crippen molar-refractivity contribution >= 4 is 11.8 Å². The molecular weight excluding hydrogens is 176 g/mol. The summed E-state index contributed by atoms with van der Waals surface area (Å²) >= 11 is 1.49. The Morgan fingerprint density at radius 3 is 3.08 bits per heavy atom. The summed E-state index contributed by atoms with van der Waals surface area (Å²) in [7, 11) is 1.87. The molecule has 0 saturated heterocycles. The molecule has 0 amide bonds. The third kappa shape index (κ3) is 2.47. The lowest BCUT2D eigenvalue weighted by atomic mass is 10.4. The first-order chi connectivity index (χ1) is 5.74. The largest absolute Gasteiger partial charge is 0.395 e. The maximum absolute atomic E-state index is 8.65. The van der Waals surface area contributed by atoms with Gasteiger partial charge in [0.05, 0.1) is 6.61 Å². The summed E-state index contributed by atoms with van der Waals surface area (Å²) in [6.45, 7) is 0.00481. The molecule has 1 heterocycles. The van der Waals surface area contributed by atoms with Crippen LogP contribution in [0.1, 0.15) is 0 Å². The predicted molar refractivity (Wildman–Crippen MR) is 46.8 cm³/mol. The third-order valence-electron chi connectivity index (χ3n) is 1.33. The van der Waals surface area contributed by atoms with E-state index in [4.69, 9.17) is 10.8 Å². The molecule has 1 aromatic heterocycles. The molecule has 0 aliphatic carbocycles. The van der Waals surface area contributed by atoms with Crippen LogP contribution < -0.4 is 5.73 Å². The van der Waals surface area contributed by atoms with Crippen LogP contribution in [-0.4, -0.2) is 38.3 Å². The molecule has 0 spiro atoms. The lowest BCUT2D eigenvalue weighted by molar-refractivity contribution is 0.275. The Kier molecular flexibility index (Phi) is 3.51. The maximum atomic E-state index is 8.65. The third-order valence-corrected chi connectivity index (χ3v) is 2.55. The summed E-state index contributed by atoms with van der Waals surface area (Å²) in [5, 5.41) is 17.0. The second-order valence-corrected chi connectivity index (χ2v) is 3.47. The normalized spacial score (nSPS) is 13.2. The number of hydrogen-bond acceptors (Lipinski definition) is 5. The molecule has 1 atom stereocenters. The van der Waals surface area contributed by atoms with E-state index in [1.807, 2.05) is 11.6 Å². The van der Waals surface area contributed by atoms with Gasteiger partial charge in [0.15, 0.2) is 5.16 Å². The van der Waals surface area contributed by atoms with E-state index in [1.54, 1.807) is 6.33 Å². The number of aliphatic hydroxyl groups excluding tert-OH is 1. The maximum Gasteiger partial charge on any atom is 0.190 e. The van der Waals surface area contributed by atoms with Crippen LogP contribution in [0.3, 0.4) is 0 Å². The Bertz CT molecular complexity index is 239. The van der Waals surface area contributed by atoms with Crippen LogP contribution in [0.5, 0.6) is 0 Å². The number of aliphatic hydroxyl groups is 1. The van der Waals surface area contributed by atoms with E-state index < -0.39 is 0 Å². The molecule has 0 aliphatic heterocycles. The molecule has 6 heteroatoms. The lowest BCUT2D eigenvalue weighted by Crippen LogP contribution is -2.27. The zero-order chi connectivity index (χ0) is 8.97. The van der Waals surface area contributed by atoms with Crippen LogP contribution in [-0.2, 0) is 7.05 Å². The van der Waals surface area contributed by atoms with Crippen LogP contribution in [0.4, 0.5) is 0 Å². The summed E-state index contributed by atoms with van der Waals surface area (Å²) in [6, 6.07) is -0.188. The highest BCUT2D eigenvalue weighted by Crippen LogP contribution is 2.13. The van der Waals surface area contributed by atoms with Gasteiger partial charge in [-0.25, -0.2) is 0 Å². The Morgan fingerprint density at radius 2 is 2.58 bits per heavy atom. The summed E-state index contributed by atoms with van der Waals surface area (Å²) in [4.78, 5) is 0. The van der Waals surface area contributed by atoms with E-state index in [-0.39, 0.29) is 12.6 Å². The van der Waals surface area contributed by atoms with Crippen LogP contribution in [0.15, 0.2) is 11.5 Å². The van der Waals surface area contributed by atoms with Crippen LogP contribution in [0.25, 0.3) is 0 Å². The van der Waals surface area contributed by atoms with Gasteiger partial charge in [0.1, 0.15) is 6.33 Å². The summed E-state index contributed by atoms with van der Waals surface area (Å²) < 4.78 is 1.81. The van der Waals surface area contributed by atoms with Crippen LogP contribution in [0.2, 0.25) is 0 Å². The Morgan fingerprint density at radius 1 is 1.83 bits per heavy atom. The van der Waals surface area contributed by atoms with E-state index >= 15 is 0 Å². The first-order valence-corrected chi connectivity index (χ1v) is 4.56. The molecule has 3 N–H and O–H groups in total. The van der Waals surface area contributed by atoms with Gasteiger partial charge in [0.25, 0.3) is 0 Å². The number of nitrogens with zero attached hydrogens (tertiary/aromatic N) is 3. The summed E-state index contributed by atoms with van der Waals surface area (Å²) in [5.41, 5.74) is 5.51. The standard InChI is InChI=1S/C6H12N4OS/c1-10-4-8-9-6(10)12-3-5(7)2-11/h4-5,11H,2-3,7H2,1H3. The molecule has 0 saturated carbocycles. The molecule has 0 radical (unpaired) electrons. The number of rotatable bonds is 4. The van der Waals surface area contributed by atoms with Gasteiger partial charge in [-0.15, -0.1) is 10.2 Å². The predicted octanol–water partition coefficient (Wildman–Crippen LogP) is -0.773. The van der Waals surface area contributed by atoms with Gasteiger partial charge in [-0.2, -0.15) is 0 Å². The van der Waals surface area contributed by atoms with E-state index in [2.05, 4.69) is 10.2 Å². The SMILES string of the molecule is Cn1cnnc1SCC(N)CO. The molecule has 68 valence electrons. The highest BCUT2D eigenvalue weighted by molar-refractivity contribution is 7.99. The van der Waals surface area contributed by atoms with Crippen LogP contribution >= 0.6 is 11.8 Å². The van der Waals surface area contributed by atoms with Gasteiger partial charge < -0.3 is 15.4 Å². The molecule has 1 unspecified atom stereocenters. The average Bonchev–Trinajstić information content (AvgIpc) is 2.47. The van der Waals surface area contributed by atoms with Gasteiger partial charge in [-0.1, -0.05) is 11.8 Å². The molecule has 1 aromatic rings. The Hall–Kier alpha value is -0.590. The van der Waals surface area contributed by atoms with Gasteiger partial charge in [0, 0.05) is 18.8 Å². The number of thioether (sulfide) groups is 1. The van der Waals surface area contributed by atoms with Crippen molar-refractivity contribution < 1.29 is 5.11 Å². The second-order valence-electron chi connectivity index (χ2n) is 2.48. The summed E-state index contributed by atoms with van der Waals surface area (Å²) in [5.74, 6) is 0.656. The first kappa shape index (κ1) is 9.50. The molecule has 12 heavy (non-hydrogen) atoms. The highest BCUT2D eigenvalue weighted by atomic mass is 32.2. The molecule has 0 aliphatic rings. The molecule has 0 fully saturated rings. The van der Waals surface area contributed by atoms with Crippen molar-refractivity contribution in [2.75, 3.05) is 12.4 Å². The van der Waals surface area contributed by atoms with Gasteiger partial charge in [0.2, 0.25) is 0 Å². The van der Waals surface area contributed by atoms with Crippen molar-refractivity contribution in [3.05, 3.63) is 6.33 Å².